The third-order valence-electron chi connectivity index (χ3n) is 3.26. The molecule has 1 aliphatic rings. The Labute approximate surface area is 114 Å². The van der Waals surface area contributed by atoms with Crippen LogP contribution in [-0.2, 0) is 4.79 Å². The van der Waals surface area contributed by atoms with Crippen molar-refractivity contribution in [1.82, 2.24) is 4.98 Å². The van der Waals surface area contributed by atoms with Crippen molar-refractivity contribution in [2.45, 2.75) is 6.92 Å². The van der Waals surface area contributed by atoms with Gasteiger partial charge in [0, 0.05) is 16.9 Å². The summed E-state index contributed by atoms with van der Waals surface area (Å²) in [5, 5.41) is 11.8. The third kappa shape index (κ3) is 1.89. The quantitative estimate of drug-likeness (QED) is 0.732. The molecule has 3 N–H and O–H groups in total. The number of para-hydroxylation sites is 1. The van der Waals surface area contributed by atoms with E-state index in [0.29, 0.717) is 16.8 Å². The van der Waals surface area contributed by atoms with Crippen molar-refractivity contribution in [3.05, 3.63) is 52.8 Å². The summed E-state index contributed by atoms with van der Waals surface area (Å²) in [7, 11) is 0. The van der Waals surface area contributed by atoms with Crippen LogP contribution in [-0.4, -0.2) is 22.0 Å². The van der Waals surface area contributed by atoms with Crippen LogP contribution in [0.3, 0.4) is 0 Å². The van der Waals surface area contributed by atoms with Gasteiger partial charge in [-0.15, -0.1) is 0 Å². The normalized spacial score (nSPS) is 15.2. The second kappa shape index (κ2) is 4.38. The second-order valence-corrected chi connectivity index (χ2v) is 4.65. The molecule has 0 atom stereocenters. The van der Waals surface area contributed by atoms with Gasteiger partial charge >= 0.3 is 5.97 Å². The van der Waals surface area contributed by atoms with Crippen molar-refractivity contribution in [3.8, 4) is 0 Å². The lowest BCUT2D eigenvalue weighted by molar-refractivity contribution is -0.110. The number of hydrogen-bond acceptors (Lipinski definition) is 2. The molecule has 1 aromatic heterocycles. The first-order chi connectivity index (χ1) is 9.56. The molecule has 0 unspecified atom stereocenters. The monoisotopic (exact) mass is 268 g/mol. The maximum absolute atomic E-state index is 12.0. The van der Waals surface area contributed by atoms with Crippen LogP contribution >= 0.6 is 0 Å². The summed E-state index contributed by atoms with van der Waals surface area (Å²) in [5.74, 6) is -1.20. The predicted molar refractivity (Wildman–Crippen MR) is 75.4 cm³/mol. The minimum Gasteiger partial charge on any atom is -0.477 e. The molecule has 0 fully saturated rings. The highest BCUT2D eigenvalue weighted by Gasteiger charge is 2.23. The van der Waals surface area contributed by atoms with E-state index in [1.165, 1.54) is 0 Å². The third-order valence-corrected chi connectivity index (χ3v) is 3.26. The van der Waals surface area contributed by atoms with E-state index in [2.05, 4.69) is 10.3 Å². The van der Waals surface area contributed by atoms with Gasteiger partial charge in [-0.05, 0) is 30.7 Å². The number of carboxylic acid groups (broad SMARTS) is 1. The highest BCUT2D eigenvalue weighted by molar-refractivity contribution is 6.34. The molecule has 1 aliphatic heterocycles. The Morgan fingerprint density at radius 3 is 2.75 bits per heavy atom. The Morgan fingerprint density at radius 2 is 2.05 bits per heavy atom. The molecule has 5 nitrogen and oxygen atoms in total. The largest absolute Gasteiger partial charge is 0.477 e. The van der Waals surface area contributed by atoms with Gasteiger partial charge in [0.25, 0.3) is 5.91 Å². The minimum absolute atomic E-state index is 0.142. The van der Waals surface area contributed by atoms with Crippen molar-refractivity contribution in [2.24, 2.45) is 0 Å². The van der Waals surface area contributed by atoms with Crippen molar-refractivity contribution in [3.63, 3.8) is 0 Å². The van der Waals surface area contributed by atoms with E-state index in [4.69, 9.17) is 5.11 Å². The topological polar surface area (TPSA) is 82.2 Å². The number of aromatic amines is 1. The number of anilines is 1. The molecule has 2 aromatic rings. The summed E-state index contributed by atoms with van der Waals surface area (Å²) in [6.07, 6.45) is 1.67. The van der Waals surface area contributed by atoms with Gasteiger partial charge in [0.2, 0.25) is 0 Å². The zero-order valence-corrected chi connectivity index (χ0v) is 10.7. The molecule has 2 heterocycles. The maximum Gasteiger partial charge on any atom is 0.352 e. The van der Waals surface area contributed by atoms with Crippen LogP contribution in [0.4, 0.5) is 5.69 Å². The molecule has 100 valence electrons. The Balaban J connectivity index is 2.07. The lowest BCUT2D eigenvalue weighted by atomic mass is 10.1. The van der Waals surface area contributed by atoms with Gasteiger partial charge in [0.15, 0.2) is 0 Å². The number of carbonyl (C=O) groups excluding carboxylic acids is 1. The molecule has 0 aliphatic carbocycles. The first-order valence-corrected chi connectivity index (χ1v) is 6.11. The smallest absolute Gasteiger partial charge is 0.352 e. The van der Waals surface area contributed by atoms with Crippen molar-refractivity contribution >= 4 is 29.2 Å². The number of H-pyrrole nitrogens is 1. The molecule has 20 heavy (non-hydrogen) atoms. The molecule has 0 saturated heterocycles. The van der Waals surface area contributed by atoms with Crippen molar-refractivity contribution < 1.29 is 14.7 Å². The van der Waals surface area contributed by atoms with Gasteiger partial charge < -0.3 is 15.4 Å². The Hall–Kier alpha value is -2.82. The number of aromatic carboxylic acids is 1. The highest BCUT2D eigenvalue weighted by Crippen LogP contribution is 2.32. The second-order valence-electron chi connectivity index (χ2n) is 4.65. The van der Waals surface area contributed by atoms with Gasteiger partial charge in [-0.25, -0.2) is 4.79 Å². The molecule has 5 heteroatoms. The SMILES string of the molecule is Cc1cc(/C=C2\C(=O)Nc3ccccc32)[nH]c1C(=O)O. The van der Waals surface area contributed by atoms with E-state index in [9.17, 15) is 9.59 Å². The molecule has 1 amide bonds. The fourth-order valence-corrected chi connectivity index (χ4v) is 2.32. The molecule has 0 radical (unpaired) electrons. The average molecular weight is 268 g/mol. The summed E-state index contributed by atoms with van der Waals surface area (Å²) in [6.45, 7) is 1.71. The predicted octanol–water partition coefficient (Wildman–Crippen LogP) is 2.51. The fourth-order valence-electron chi connectivity index (χ4n) is 2.32. The van der Waals surface area contributed by atoms with E-state index >= 15 is 0 Å². The number of carboxylic acids is 1. The molecule has 0 bridgehead atoms. The van der Waals surface area contributed by atoms with Crippen molar-refractivity contribution in [2.75, 3.05) is 5.32 Å². The van der Waals surface area contributed by atoms with Gasteiger partial charge in [-0.1, -0.05) is 18.2 Å². The summed E-state index contributed by atoms with van der Waals surface area (Å²) >= 11 is 0. The number of nitrogens with one attached hydrogen (secondary N) is 2. The number of benzene rings is 1. The van der Waals surface area contributed by atoms with E-state index in [-0.39, 0.29) is 11.6 Å². The minimum atomic E-state index is -1.01. The molecular weight excluding hydrogens is 256 g/mol. The van der Waals surface area contributed by atoms with Crippen LogP contribution in [0.25, 0.3) is 11.6 Å². The molecule has 0 saturated carbocycles. The Kier molecular flexibility index (Phi) is 2.68. The van der Waals surface area contributed by atoms with Crippen LogP contribution in [0.2, 0.25) is 0 Å². The number of carbonyl (C=O) groups is 2. The van der Waals surface area contributed by atoms with E-state index in [1.807, 2.05) is 24.3 Å². The fraction of sp³-hybridized carbons (Fsp3) is 0.0667. The van der Waals surface area contributed by atoms with Crippen molar-refractivity contribution in [1.29, 1.82) is 0 Å². The van der Waals surface area contributed by atoms with E-state index < -0.39 is 5.97 Å². The van der Waals surface area contributed by atoms with Crippen LogP contribution in [0.1, 0.15) is 27.3 Å². The van der Waals surface area contributed by atoms with Gasteiger partial charge in [0.05, 0.1) is 5.57 Å². The maximum atomic E-state index is 12.0. The number of rotatable bonds is 2. The van der Waals surface area contributed by atoms with Gasteiger partial charge in [-0.3, -0.25) is 4.79 Å². The zero-order valence-electron chi connectivity index (χ0n) is 10.7. The summed E-state index contributed by atoms with van der Waals surface area (Å²) in [6, 6.07) is 9.10. The molecular formula is C15H12N2O3. The van der Waals surface area contributed by atoms with E-state index in [0.717, 1.165) is 11.3 Å². The average Bonchev–Trinajstić information content (AvgIpc) is 2.92. The Morgan fingerprint density at radius 1 is 1.30 bits per heavy atom. The van der Waals surface area contributed by atoms with Crippen LogP contribution in [0.5, 0.6) is 0 Å². The molecule has 3 rings (SSSR count). The van der Waals surface area contributed by atoms with Crippen LogP contribution in [0.15, 0.2) is 30.3 Å². The van der Waals surface area contributed by atoms with Crippen LogP contribution < -0.4 is 5.32 Å². The number of aryl methyl sites for hydroxylation is 1. The number of amides is 1. The summed E-state index contributed by atoms with van der Waals surface area (Å²) < 4.78 is 0. The standard InChI is InChI=1S/C15H12N2O3/c1-8-6-9(16-13(8)15(19)20)7-11-10-4-2-3-5-12(10)17-14(11)18/h2-7,16H,1H3,(H,17,18)(H,19,20)/b11-7-. The highest BCUT2D eigenvalue weighted by atomic mass is 16.4. The lowest BCUT2D eigenvalue weighted by Gasteiger charge is -1.96. The van der Waals surface area contributed by atoms with Crippen LogP contribution in [0, 0.1) is 6.92 Å². The summed E-state index contributed by atoms with van der Waals surface area (Å²) in [5.41, 5.74) is 3.49. The summed E-state index contributed by atoms with van der Waals surface area (Å²) in [4.78, 5) is 25.8. The zero-order chi connectivity index (χ0) is 14.3. The van der Waals surface area contributed by atoms with Gasteiger partial charge in [-0.2, -0.15) is 0 Å². The number of fused-ring (bicyclic) bond motifs is 1. The number of hydrogen-bond donors (Lipinski definition) is 3. The van der Waals surface area contributed by atoms with Gasteiger partial charge in [0.1, 0.15) is 5.69 Å². The van der Waals surface area contributed by atoms with E-state index in [1.54, 1.807) is 19.1 Å². The molecule has 0 spiro atoms. The first-order valence-electron chi connectivity index (χ1n) is 6.11. The first kappa shape index (κ1) is 12.2. The number of aromatic nitrogens is 1. The lowest BCUT2D eigenvalue weighted by Crippen LogP contribution is -2.03. The Bertz CT molecular complexity index is 756. The molecule has 1 aromatic carbocycles.